The van der Waals surface area contributed by atoms with Crippen LogP contribution in [-0.2, 0) is 0 Å². The monoisotopic (exact) mass is 229 g/mol. The molecular weight excluding hydrogens is 218 g/mol. The van der Waals surface area contributed by atoms with E-state index in [0.717, 1.165) is 16.9 Å². The molecule has 0 bridgehead atoms. The van der Waals surface area contributed by atoms with E-state index in [-0.39, 0.29) is 6.04 Å². The summed E-state index contributed by atoms with van der Waals surface area (Å²) in [6.45, 7) is 1.95. The van der Waals surface area contributed by atoms with Crippen LogP contribution >= 0.6 is 0 Å². The second-order valence-corrected chi connectivity index (χ2v) is 3.72. The molecule has 6 nitrogen and oxygen atoms in total. The summed E-state index contributed by atoms with van der Waals surface area (Å²) < 4.78 is 5.55. The van der Waals surface area contributed by atoms with Gasteiger partial charge in [0.15, 0.2) is 5.58 Å². The Bertz CT molecular complexity index is 583. The summed E-state index contributed by atoms with van der Waals surface area (Å²) in [7, 11) is 0. The van der Waals surface area contributed by atoms with Gasteiger partial charge in [-0.2, -0.15) is 10.1 Å². The van der Waals surface area contributed by atoms with Crippen LogP contribution in [0.5, 0.6) is 0 Å². The maximum atomic E-state index is 5.55. The van der Waals surface area contributed by atoms with Gasteiger partial charge in [-0.25, -0.2) is 4.98 Å². The van der Waals surface area contributed by atoms with Crippen LogP contribution in [0.2, 0.25) is 0 Å². The van der Waals surface area contributed by atoms with Crippen molar-refractivity contribution >= 4 is 17.1 Å². The van der Waals surface area contributed by atoms with Crippen molar-refractivity contribution in [2.75, 3.05) is 5.32 Å². The Labute approximate surface area is 97.1 Å². The number of nitrogens with zero attached hydrogens (tertiary/aromatic N) is 3. The smallest absolute Gasteiger partial charge is 0.296 e. The standard InChI is InChI=1S/C11H11N5O/c1-7(10-12-6-13-16-10)14-11-15-8-4-2-3-5-9(8)17-11/h2-7H,1H3,(H,14,15)(H,12,13,16). The van der Waals surface area contributed by atoms with Gasteiger partial charge in [-0.3, -0.25) is 5.10 Å². The Morgan fingerprint density at radius 1 is 1.35 bits per heavy atom. The van der Waals surface area contributed by atoms with E-state index >= 15 is 0 Å². The van der Waals surface area contributed by atoms with Gasteiger partial charge in [-0.15, -0.1) is 0 Å². The van der Waals surface area contributed by atoms with Gasteiger partial charge in [0.05, 0.1) is 6.04 Å². The number of aromatic amines is 1. The Kier molecular flexibility index (Phi) is 2.25. The lowest BCUT2D eigenvalue weighted by Gasteiger charge is -2.07. The lowest BCUT2D eigenvalue weighted by Crippen LogP contribution is -2.08. The molecule has 0 saturated carbocycles. The number of aromatic nitrogens is 4. The fourth-order valence-electron chi connectivity index (χ4n) is 1.61. The highest BCUT2D eigenvalue weighted by Crippen LogP contribution is 2.21. The lowest BCUT2D eigenvalue weighted by atomic mass is 10.3. The summed E-state index contributed by atoms with van der Waals surface area (Å²) in [5, 5.41) is 9.72. The average Bonchev–Trinajstić information content (AvgIpc) is 2.97. The number of anilines is 1. The van der Waals surface area contributed by atoms with Gasteiger partial charge in [-0.05, 0) is 19.1 Å². The van der Waals surface area contributed by atoms with Crippen molar-refractivity contribution in [3.05, 3.63) is 36.4 Å². The Morgan fingerprint density at radius 3 is 3.00 bits per heavy atom. The van der Waals surface area contributed by atoms with Gasteiger partial charge < -0.3 is 9.73 Å². The molecule has 2 aromatic heterocycles. The summed E-state index contributed by atoms with van der Waals surface area (Å²) >= 11 is 0. The van der Waals surface area contributed by atoms with E-state index in [1.165, 1.54) is 6.33 Å². The van der Waals surface area contributed by atoms with E-state index in [1.54, 1.807) is 0 Å². The van der Waals surface area contributed by atoms with Crippen LogP contribution in [0.1, 0.15) is 18.8 Å². The van der Waals surface area contributed by atoms with Gasteiger partial charge in [-0.1, -0.05) is 12.1 Å². The summed E-state index contributed by atoms with van der Waals surface area (Å²) in [6.07, 6.45) is 1.47. The van der Waals surface area contributed by atoms with E-state index in [0.29, 0.717) is 6.01 Å². The van der Waals surface area contributed by atoms with Gasteiger partial charge in [0.25, 0.3) is 6.01 Å². The molecule has 0 fully saturated rings. The summed E-state index contributed by atoms with van der Waals surface area (Å²) in [4.78, 5) is 8.39. The highest BCUT2D eigenvalue weighted by atomic mass is 16.4. The first-order valence-electron chi connectivity index (χ1n) is 5.30. The summed E-state index contributed by atoms with van der Waals surface area (Å²) in [5.41, 5.74) is 1.60. The molecule has 3 aromatic rings. The van der Waals surface area contributed by atoms with Gasteiger partial charge in [0.1, 0.15) is 17.7 Å². The van der Waals surface area contributed by atoms with E-state index in [1.807, 2.05) is 31.2 Å². The number of fused-ring (bicyclic) bond motifs is 1. The second kappa shape index (κ2) is 3.89. The highest BCUT2D eigenvalue weighted by molar-refractivity contribution is 5.74. The van der Waals surface area contributed by atoms with Crippen LogP contribution in [0, 0.1) is 0 Å². The topological polar surface area (TPSA) is 79.6 Å². The number of rotatable bonds is 3. The molecule has 0 aliphatic carbocycles. The van der Waals surface area contributed by atoms with Crippen molar-refractivity contribution in [3.8, 4) is 0 Å². The molecule has 0 spiro atoms. The number of nitrogens with one attached hydrogen (secondary N) is 2. The maximum absolute atomic E-state index is 5.55. The van der Waals surface area contributed by atoms with Gasteiger partial charge in [0.2, 0.25) is 0 Å². The number of oxazole rings is 1. The third-order valence-corrected chi connectivity index (χ3v) is 2.48. The van der Waals surface area contributed by atoms with Crippen molar-refractivity contribution in [1.82, 2.24) is 20.2 Å². The molecule has 0 radical (unpaired) electrons. The van der Waals surface area contributed by atoms with Crippen LogP contribution < -0.4 is 5.32 Å². The van der Waals surface area contributed by atoms with Gasteiger partial charge >= 0.3 is 0 Å². The quantitative estimate of drug-likeness (QED) is 0.719. The Hall–Kier alpha value is -2.37. The molecular formula is C11H11N5O. The maximum Gasteiger partial charge on any atom is 0.296 e. The second-order valence-electron chi connectivity index (χ2n) is 3.72. The van der Waals surface area contributed by atoms with Crippen molar-refractivity contribution in [3.63, 3.8) is 0 Å². The molecule has 1 atom stereocenters. The molecule has 2 heterocycles. The van der Waals surface area contributed by atoms with Crippen LogP contribution in [0.4, 0.5) is 6.01 Å². The third-order valence-electron chi connectivity index (χ3n) is 2.48. The summed E-state index contributed by atoms with van der Waals surface area (Å²) in [6, 6.07) is 8.07. The predicted molar refractivity (Wildman–Crippen MR) is 62.4 cm³/mol. The fourth-order valence-corrected chi connectivity index (χ4v) is 1.61. The molecule has 0 saturated heterocycles. The number of H-pyrrole nitrogens is 1. The minimum Gasteiger partial charge on any atom is -0.424 e. The normalized spacial score (nSPS) is 12.8. The zero-order valence-corrected chi connectivity index (χ0v) is 9.21. The fraction of sp³-hybridized carbons (Fsp3) is 0.182. The lowest BCUT2D eigenvalue weighted by molar-refractivity contribution is 0.599. The van der Waals surface area contributed by atoms with E-state index in [4.69, 9.17) is 4.42 Å². The largest absolute Gasteiger partial charge is 0.424 e. The van der Waals surface area contributed by atoms with Crippen molar-refractivity contribution < 1.29 is 4.42 Å². The molecule has 0 aliphatic heterocycles. The zero-order valence-electron chi connectivity index (χ0n) is 9.21. The van der Waals surface area contributed by atoms with Crippen LogP contribution in [-0.4, -0.2) is 20.2 Å². The number of hydrogen-bond donors (Lipinski definition) is 2. The van der Waals surface area contributed by atoms with E-state index in [2.05, 4.69) is 25.5 Å². The number of benzene rings is 1. The first-order chi connectivity index (χ1) is 8.33. The molecule has 86 valence electrons. The molecule has 2 N–H and O–H groups in total. The van der Waals surface area contributed by atoms with Crippen LogP contribution in [0.3, 0.4) is 0 Å². The first-order valence-corrected chi connectivity index (χ1v) is 5.30. The van der Waals surface area contributed by atoms with Crippen molar-refractivity contribution in [2.24, 2.45) is 0 Å². The average molecular weight is 229 g/mol. The van der Waals surface area contributed by atoms with Crippen molar-refractivity contribution in [2.45, 2.75) is 13.0 Å². The molecule has 0 amide bonds. The molecule has 3 rings (SSSR count). The minimum atomic E-state index is -0.0365. The molecule has 17 heavy (non-hydrogen) atoms. The van der Waals surface area contributed by atoms with Gasteiger partial charge in [0, 0.05) is 0 Å². The molecule has 6 heteroatoms. The van der Waals surface area contributed by atoms with Crippen LogP contribution in [0.25, 0.3) is 11.1 Å². The molecule has 1 aromatic carbocycles. The van der Waals surface area contributed by atoms with Crippen molar-refractivity contribution in [1.29, 1.82) is 0 Å². The molecule has 1 unspecified atom stereocenters. The van der Waals surface area contributed by atoms with E-state index in [9.17, 15) is 0 Å². The minimum absolute atomic E-state index is 0.0365. The Balaban J connectivity index is 1.85. The van der Waals surface area contributed by atoms with E-state index < -0.39 is 0 Å². The SMILES string of the molecule is CC(Nc1nc2ccccc2o1)c1ncn[nH]1. The number of hydrogen-bond acceptors (Lipinski definition) is 5. The zero-order chi connectivity index (χ0) is 11.7. The predicted octanol–water partition coefficient (Wildman–Crippen LogP) is 2.12. The van der Waals surface area contributed by atoms with Crippen LogP contribution in [0.15, 0.2) is 35.0 Å². The summed E-state index contributed by atoms with van der Waals surface area (Å²) in [5.74, 6) is 0.743. The first kappa shape index (κ1) is 9.83. The Morgan fingerprint density at radius 2 is 2.24 bits per heavy atom. The highest BCUT2D eigenvalue weighted by Gasteiger charge is 2.11. The third kappa shape index (κ3) is 1.84. The number of para-hydroxylation sites is 2. The molecule has 0 aliphatic rings.